The third-order valence-corrected chi connectivity index (χ3v) is 1.68. The van der Waals surface area contributed by atoms with Gasteiger partial charge in [-0.1, -0.05) is 6.07 Å². The zero-order valence-corrected chi connectivity index (χ0v) is 8.37. The molecule has 17 heavy (non-hydrogen) atoms. The van der Waals surface area contributed by atoms with E-state index in [0.29, 0.717) is 12.1 Å². The number of alkyl halides is 3. The van der Waals surface area contributed by atoms with Crippen molar-refractivity contribution in [3.05, 3.63) is 35.1 Å². The van der Waals surface area contributed by atoms with Gasteiger partial charge in [0.1, 0.15) is 5.82 Å². The molecule has 1 aromatic rings. The highest BCUT2D eigenvalue weighted by Crippen LogP contribution is 2.31. The second kappa shape index (κ2) is 4.81. The first kappa shape index (κ1) is 12.9. The second-order valence-corrected chi connectivity index (χ2v) is 3.01. The summed E-state index contributed by atoms with van der Waals surface area (Å²) in [6.07, 6.45) is -3.69. The molecule has 0 heterocycles. The summed E-state index contributed by atoms with van der Waals surface area (Å²) in [6.45, 7) is 0. The molecule has 0 fully saturated rings. The molecular weight excluding hydrogens is 240 g/mol. The van der Waals surface area contributed by atoms with Crippen molar-refractivity contribution in [2.24, 2.45) is 21.7 Å². The Morgan fingerprint density at radius 1 is 1.24 bits per heavy atom. The number of halogens is 4. The van der Waals surface area contributed by atoms with Crippen molar-refractivity contribution >= 4 is 12.2 Å². The van der Waals surface area contributed by atoms with Crippen LogP contribution in [0, 0.1) is 5.82 Å². The zero-order valence-electron chi connectivity index (χ0n) is 8.37. The van der Waals surface area contributed by atoms with Crippen LogP contribution in [0.15, 0.2) is 28.4 Å². The van der Waals surface area contributed by atoms with E-state index in [1.54, 1.807) is 0 Å². The lowest BCUT2D eigenvalue weighted by Gasteiger charge is -2.07. The van der Waals surface area contributed by atoms with Crippen LogP contribution in [0.3, 0.4) is 0 Å². The number of rotatable bonds is 2. The molecule has 0 aliphatic heterocycles. The van der Waals surface area contributed by atoms with Gasteiger partial charge < -0.3 is 11.5 Å². The summed E-state index contributed by atoms with van der Waals surface area (Å²) >= 11 is 0. The van der Waals surface area contributed by atoms with Crippen molar-refractivity contribution in [1.82, 2.24) is 0 Å². The van der Waals surface area contributed by atoms with E-state index < -0.39 is 17.6 Å². The monoisotopic (exact) mass is 248 g/mol. The fourth-order valence-electron chi connectivity index (χ4n) is 1.00. The SMILES string of the molecule is NC(N)=N/N=C/c1ccc(C(F)(F)F)c(F)c1. The van der Waals surface area contributed by atoms with E-state index in [0.717, 1.165) is 12.3 Å². The second-order valence-electron chi connectivity index (χ2n) is 3.01. The number of benzene rings is 1. The van der Waals surface area contributed by atoms with Crippen molar-refractivity contribution in [2.75, 3.05) is 0 Å². The molecule has 0 bridgehead atoms. The molecular formula is C9H8F4N4. The molecule has 4 N–H and O–H groups in total. The fraction of sp³-hybridized carbons (Fsp3) is 0.111. The lowest BCUT2D eigenvalue weighted by atomic mass is 10.1. The van der Waals surface area contributed by atoms with Crippen molar-refractivity contribution < 1.29 is 17.6 Å². The van der Waals surface area contributed by atoms with Crippen LogP contribution in [-0.4, -0.2) is 12.2 Å². The molecule has 0 aromatic heterocycles. The highest BCUT2D eigenvalue weighted by atomic mass is 19.4. The fourth-order valence-corrected chi connectivity index (χ4v) is 1.00. The van der Waals surface area contributed by atoms with Crippen LogP contribution in [0.25, 0.3) is 0 Å². The van der Waals surface area contributed by atoms with E-state index >= 15 is 0 Å². The van der Waals surface area contributed by atoms with Gasteiger partial charge in [0.25, 0.3) is 0 Å². The van der Waals surface area contributed by atoms with Crippen LogP contribution >= 0.6 is 0 Å². The molecule has 1 rings (SSSR count). The Balaban J connectivity index is 2.98. The van der Waals surface area contributed by atoms with E-state index in [2.05, 4.69) is 10.2 Å². The molecule has 0 amide bonds. The van der Waals surface area contributed by atoms with Crippen molar-refractivity contribution in [3.8, 4) is 0 Å². The average molecular weight is 248 g/mol. The maximum atomic E-state index is 13.1. The number of nitrogens with zero attached hydrogens (tertiary/aromatic N) is 2. The Bertz CT molecular complexity index is 461. The summed E-state index contributed by atoms with van der Waals surface area (Å²) in [5.74, 6) is -1.69. The van der Waals surface area contributed by atoms with Gasteiger partial charge in [-0.25, -0.2) is 4.39 Å². The molecule has 1 aromatic carbocycles. The quantitative estimate of drug-likeness (QED) is 0.359. The Labute approximate surface area is 93.6 Å². The van der Waals surface area contributed by atoms with Gasteiger partial charge in [-0.15, -0.1) is 5.10 Å². The van der Waals surface area contributed by atoms with E-state index in [4.69, 9.17) is 11.5 Å². The maximum Gasteiger partial charge on any atom is 0.419 e. The predicted molar refractivity (Wildman–Crippen MR) is 54.8 cm³/mol. The Kier molecular flexibility index (Phi) is 3.66. The highest BCUT2D eigenvalue weighted by molar-refractivity contribution is 5.81. The van der Waals surface area contributed by atoms with Crippen LogP contribution in [0.2, 0.25) is 0 Å². The lowest BCUT2D eigenvalue weighted by Crippen LogP contribution is -2.21. The Morgan fingerprint density at radius 2 is 1.88 bits per heavy atom. The molecule has 0 spiro atoms. The molecule has 0 atom stereocenters. The molecule has 0 saturated heterocycles. The largest absolute Gasteiger partial charge is 0.419 e. The van der Waals surface area contributed by atoms with E-state index in [1.807, 2.05) is 0 Å². The summed E-state index contributed by atoms with van der Waals surface area (Å²) in [5.41, 5.74) is 8.69. The number of guanidine groups is 1. The maximum absolute atomic E-state index is 13.1. The third kappa shape index (κ3) is 3.74. The predicted octanol–water partition coefficient (Wildman–Crippen LogP) is 1.45. The lowest BCUT2D eigenvalue weighted by molar-refractivity contribution is -0.140. The molecule has 4 nitrogen and oxygen atoms in total. The smallest absolute Gasteiger partial charge is 0.369 e. The number of hydrogen-bond donors (Lipinski definition) is 2. The first-order chi connectivity index (χ1) is 7.80. The topological polar surface area (TPSA) is 76.8 Å². The molecule has 0 radical (unpaired) electrons. The molecule has 0 aliphatic rings. The molecule has 92 valence electrons. The summed E-state index contributed by atoms with van der Waals surface area (Å²) in [5, 5.41) is 6.56. The van der Waals surface area contributed by atoms with Crippen LogP contribution in [0.1, 0.15) is 11.1 Å². The van der Waals surface area contributed by atoms with Gasteiger partial charge in [0.2, 0.25) is 5.96 Å². The number of hydrogen-bond acceptors (Lipinski definition) is 2. The van der Waals surface area contributed by atoms with Crippen molar-refractivity contribution in [2.45, 2.75) is 6.18 Å². The van der Waals surface area contributed by atoms with E-state index in [1.165, 1.54) is 0 Å². The van der Waals surface area contributed by atoms with Crippen LogP contribution in [0.4, 0.5) is 17.6 Å². The minimum absolute atomic E-state index is 0.112. The van der Waals surface area contributed by atoms with Gasteiger partial charge in [0.15, 0.2) is 0 Å². The van der Waals surface area contributed by atoms with Gasteiger partial charge in [-0.3, -0.25) is 0 Å². The average Bonchev–Trinajstić information content (AvgIpc) is 2.14. The normalized spacial score (nSPS) is 11.8. The van der Waals surface area contributed by atoms with Gasteiger partial charge in [0, 0.05) is 0 Å². The first-order valence-electron chi connectivity index (χ1n) is 4.29. The Hall–Kier alpha value is -2.12. The van der Waals surface area contributed by atoms with Gasteiger partial charge >= 0.3 is 6.18 Å². The minimum atomic E-state index is -4.72. The Morgan fingerprint density at radius 3 is 2.35 bits per heavy atom. The standard InChI is InChI=1S/C9H8F4N4/c10-7-3-5(4-16-17-8(14)15)1-2-6(7)9(11,12)13/h1-4H,(H4,14,15,17)/b16-4+. The first-order valence-corrected chi connectivity index (χ1v) is 4.29. The minimum Gasteiger partial charge on any atom is -0.369 e. The van der Waals surface area contributed by atoms with Crippen LogP contribution in [0.5, 0.6) is 0 Å². The molecule has 0 saturated carbocycles. The number of nitrogens with two attached hydrogens (primary N) is 2. The summed E-state index contributed by atoms with van der Waals surface area (Å²) < 4.78 is 49.7. The highest BCUT2D eigenvalue weighted by Gasteiger charge is 2.33. The third-order valence-electron chi connectivity index (χ3n) is 1.68. The van der Waals surface area contributed by atoms with E-state index in [-0.39, 0.29) is 11.5 Å². The summed E-state index contributed by atoms with van der Waals surface area (Å²) in [7, 11) is 0. The van der Waals surface area contributed by atoms with E-state index in [9.17, 15) is 17.6 Å². The summed E-state index contributed by atoms with van der Waals surface area (Å²) in [4.78, 5) is 0. The van der Waals surface area contributed by atoms with Crippen LogP contribution < -0.4 is 11.5 Å². The van der Waals surface area contributed by atoms with Crippen molar-refractivity contribution in [1.29, 1.82) is 0 Å². The van der Waals surface area contributed by atoms with Crippen LogP contribution in [-0.2, 0) is 6.18 Å². The van der Waals surface area contributed by atoms with Crippen molar-refractivity contribution in [3.63, 3.8) is 0 Å². The van der Waals surface area contributed by atoms with Gasteiger partial charge in [0.05, 0.1) is 11.8 Å². The van der Waals surface area contributed by atoms with Gasteiger partial charge in [-0.05, 0) is 17.7 Å². The molecule has 0 unspecified atom stereocenters. The molecule has 8 heteroatoms. The molecule has 0 aliphatic carbocycles. The van der Waals surface area contributed by atoms with Gasteiger partial charge in [-0.2, -0.15) is 18.3 Å². The zero-order chi connectivity index (χ0) is 13.1. The summed E-state index contributed by atoms with van der Waals surface area (Å²) in [6, 6.07) is 2.36.